The average molecular weight is 1920 g/mol. The summed E-state index contributed by atoms with van der Waals surface area (Å²) in [4.78, 5) is 83.1. The molecule has 2 aliphatic carbocycles. The average Bonchev–Trinajstić information content (AvgIpc) is 1.60. The highest BCUT2D eigenvalue weighted by Gasteiger charge is 2.34. The van der Waals surface area contributed by atoms with Crippen LogP contribution < -0.4 is 31.5 Å². The van der Waals surface area contributed by atoms with Crippen molar-refractivity contribution >= 4 is 129 Å². The van der Waals surface area contributed by atoms with E-state index < -0.39 is 35.1 Å². The minimum atomic E-state index is -4.37. The van der Waals surface area contributed by atoms with Crippen molar-refractivity contribution in [2.24, 2.45) is 0 Å². The molecule has 30 nitrogen and oxygen atoms in total. The van der Waals surface area contributed by atoms with Crippen LogP contribution in [0, 0.1) is 53.2 Å². The highest BCUT2D eigenvalue weighted by Crippen LogP contribution is 2.45. The first kappa shape index (κ1) is 91.6. The molecule has 39 heteroatoms. The van der Waals surface area contributed by atoms with Crippen LogP contribution in [0.4, 0.5) is 92.2 Å². The normalized spacial score (nSPS) is 13.1. The molecule has 13 aromatic heterocycles. The maximum atomic E-state index is 13.8. The van der Waals surface area contributed by atoms with Crippen LogP contribution in [0.2, 0.25) is 0 Å². The number of pyridine rings is 1. The Morgan fingerprint density at radius 1 is 0.397 bits per heavy atom. The molecule has 21 aromatic rings. The lowest BCUT2D eigenvalue weighted by Crippen LogP contribution is -2.36. The number of para-hydroxylation sites is 5. The van der Waals surface area contributed by atoms with Crippen molar-refractivity contribution in [2.45, 2.75) is 91.5 Å². The molecule has 3 aliphatic rings. The molecule has 1 aliphatic heterocycles. The number of alkyl halides is 6. The maximum Gasteiger partial charge on any atom is 0.416 e. The van der Waals surface area contributed by atoms with E-state index in [4.69, 9.17) is 14.7 Å². The van der Waals surface area contributed by atoms with E-state index >= 15 is 0 Å². The van der Waals surface area contributed by atoms with Crippen molar-refractivity contribution in [3.63, 3.8) is 0 Å². The fourth-order valence-corrected chi connectivity index (χ4v) is 17.9. The molecule has 1 saturated heterocycles. The fourth-order valence-electron chi connectivity index (χ4n) is 17.0. The Hall–Kier alpha value is -17.1. The first-order valence-electron chi connectivity index (χ1n) is 44.9. The van der Waals surface area contributed by atoms with Crippen molar-refractivity contribution in [2.75, 3.05) is 57.8 Å². The molecule has 706 valence electrons. The molecule has 0 amide bonds. The van der Waals surface area contributed by atoms with Gasteiger partial charge in [-0.2, -0.15) is 26.3 Å². The molecule has 1 saturated carbocycles. The van der Waals surface area contributed by atoms with Crippen molar-refractivity contribution in [3.8, 4) is 34.7 Å². The van der Waals surface area contributed by atoms with Crippen LogP contribution in [0.25, 0.3) is 94.8 Å². The number of imidazole rings is 5. The first-order valence-corrected chi connectivity index (χ1v) is 45.7. The van der Waals surface area contributed by atoms with Crippen LogP contribution in [0.1, 0.15) is 81.1 Å². The summed E-state index contributed by atoms with van der Waals surface area (Å²) in [6, 6.07) is 54.7. The molecule has 8 aromatic carbocycles. The number of hydrogen-bond donors (Lipinski definition) is 5. The van der Waals surface area contributed by atoms with Gasteiger partial charge in [0.25, 0.3) is 0 Å². The summed E-state index contributed by atoms with van der Waals surface area (Å²) < 4.78 is 120. The third-order valence-electron chi connectivity index (χ3n) is 23.5. The second-order valence-electron chi connectivity index (χ2n) is 33.6. The minimum absolute atomic E-state index is 0.347. The van der Waals surface area contributed by atoms with Gasteiger partial charge in [-0.1, -0.05) is 78.1 Å². The zero-order valence-corrected chi connectivity index (χ0v) is 77.1. The fraction of sp³-hybridized carbons (Fsp3) is 0.176. The van der Waals surface area contributed by atoms with Gasteiger partial charge in [-0.15, -0.1) is 0 Å². The van der Waals surface area contributed by atoms with Crippen LogP contribution in [-0.4, -0.2) is 145 Å². The number of rotatable bonds is 17. The Kier molecular flexibility index (Phi) is 25.5. The van der Waals surface area contributed by atoms with Crippen LogP contribution in [-0.2, 0) is 29.9 Å². The highest BCUT2D eigenvalue weighted by molar-refractivity contribution is 7.22. The predicted molar refractivity (Wildman–Crippen MR) is 525 cm³/mol. The molecule has 14 heterocycles. The van der Waals surface area contributed by atoms with E-state index in [2.05, 4.69) is 158 Å². The zero-order valence-electron chi connectivity index (χ0n) is 76.3. The van der Waals surface area contributed by atoms with E-state index in [1.165, 1.54) is 47.8 Å². The Morgan fingerprint density at radius 3 is 1.44 bits per heavy atom. The van der Waals surface area contributed by atoms with Crippen molar-refractivity contribution in [1.29, 1.82) is 0 Å². The third kappa shape index (κ3) is 20.4. The van der Waals surface area contributed by atoms with E-state index in [0.717, 1.165) is 193 Å². The van der Waals surface area contributed by atoms with Crippen LogP contribution >= 0.6 is 11.3 Å². The van der Waals surface area contributed by atoms with Gasteiger partial charge in [0.15, 0.2) is 57.5 Å². The van der Waals surface area contributed by atoms with Gasteiger partial charge in [-0.05, 0) is 199 Å². The summed E-state index contributed by atoms with van der Waals surface area (Å²) in [5, 5.41) is 16.8. The maximum absolute atomic E-state index is 13.8. The number of thiazole rings is 1. The molecule has 141 heavy (non-hydrogen) atoms. The number of nitrogens with zero attached hydrogens (tertiary/aromatic N) is 24. The molecular formula is C102H85F8N29OS. The van der Waals surface area contributed by atoms with Crippen molar-refractivity contribution < 1.29 is 39.9 Å². The van der Waals surface area contributed by atoms with Crippen LogP contribution in [0.3, 0.4) is 0 Å². The van der Waals surface area contributed by atoms with Crippen molar-refractivity contribution in [1.82, 2.24) is 112 Å². The number of fused-ring (bicyclic) bond motifs is 7. The SMILES string of the molecule is Cc1cc(C)c2nc(C)n(-c3cncc(Nc4ccc(C(F)(F)F)cc4)n3)c2c1.Cc1nc2cc(F)c(F)cc2n1-c1cncc(Nc2ccc(N3CCOCC3)nc2)n1.Cc1nc2ccccc2n1-c1cncc(NC2Cc3ccccc3C2)n1.Cc1nc2ccccc2n1-c1cncc(Nc2nc3ccccc3s2)n1.FC(F)(F)c1ccc(Nc2cncc(-c3c(C4CC4)nc4ncccn34)n2)cc1. The van der Waals surface area contributed by atoms with Gasteiger partial charge < -0.3 is 36.2 Å². The van der Waals surface area contributed by atoms with Gasteiger partial charge in [-0.25, -0.2) is 73.6 Å². The number of hydrogen-bond acceptors (Lipinski definition) is 26. The number of aryl methyl sites for hydroxylation is 6. The van der Waals surface area contributed by atoms with Crippen molar-refractivity contribution in [3.05, 3.63) is 343 Å². The molecule has 2 fully saturated rings. The monoisotopic (exact) mass is 1920 g/mol. The lowest BCUT2D eigenvalue weighted by molar-refractivity contribution is -0.138. The number of morpholine rings is 1. The zero-order chi connectivity index (χ0) is 97.2. The molecule has 5 N–H and O–H groups in total. The molecule has 0 radical (unpaired) electrons. The lowest BCUT2D eigenvalue weighted by atomic mass is 10.1. The molecular weight excluding hydrogens is 1830 g/mol. The quantitative estimate of drug-likeness (QED) is 0.0529. The van der Waals surface area contributed by atoms with E-state index in [-0.39, 0.29) is 0 Å². The molecule has 0 bridgehead atoms. The van der Waals surface area contributed by atoms with Gasteiger partial charge in [-0.3, -0.25) is 47.6 Å². The van der Waals surface area contributed by atoms with Gasteiger partial charge >= 0.3 is 12.4 Å². The summed E-state index contributed by atoms with van der Waals surface area (Å²) >= 11 is 1.59. The lowest BCUT2D eigenvalue weighted by Gasteiger charge is -2.27. The Bertz CT molecular complexity index is 8100. The smallest absolute Gasteiger partial charge is 0.378 e. The van der Waals surface area contributed by atoms with E-state index in [9.17, 15) is 35.1 Å². The van der Waals surface area contributed by atoms with Gasteiger partial charge in [0.1, 0.15) is 46.4 Å². The first-order chi connectivity index (χ1) is 68.3. The number of benzene rings is 8. The molecule has 0 atom stereocenters. The van der Waals surface area contributed by atoms with Crippen LogP contribution in [0.5, 0.6) is 0 Å². The summed E-state index contributed by atoms with van der Waals surface area (Å²) in [6.45, 7) is 14.7. The Labute approximate surface area is 803 Å². The number of halogens is 8. The standard InChI is InChI=1S/C21H18F3N5.C21H19F2N7O.C21H19N5.C20H15F3N6.C19H14N6S/c1-12-8-13(2)20-17(9-12)29(14(3)26-20)19-11-25-10-18(28-19)27-16-6-4-15(5-7-16)21(22,23)24;1-13-26-17-8-15(22)16(23)9-18(17)30(13)21-12-24-11-19(28-21)27-14-2-3-20(25-10-14)29-4-6-31-7-5-29;1-14-23-18-8-4-5-9-19(18)26(14)21-13-22-12-20(25-21)24-17-10-15-6-2-3-7-16(15)11-17;21-20(22,23)13-4-6-14(7-5-13)26-16-11-24-10-15(27-16)18-17(12-2-3-12)28-19-25-8-1-9-29(18)19;1-12-21-13-6-2-4-8-15(13)25(12)18-11-20-10-17(23-18)24-19-22-14-7-3-5-9-16(14)26-19/h4-11H,1-3H3,(H,27,28);2-3,8-12H,4-7H2,1H3,(H,27,28);2-9,12-13,17H,10-11H2,1H3,(H,24,25);1,4-12H,2-3H2,(H,26,27);2-11H,1H3,(H,22,23,24). The van der Waals surface area contributed by atoms with E-state index in [0.29, 0.717) is 99.8 Å². The molecule has 24 rings (SSSR count). The second kappa shape index (κ2) is 39.2. The number of anilines is 10. The van der Waals surface area contributed by atoms with Gasteiger partial charge in [0.2, 0.25) is 5.78 Å². The predicted octanol–water partition coefficient (Wildman–Crippen LogP) is 21.9. The summed E-state index contributed by atoms with van der Waals surface area (Å²) in [5.74, 6) is 8.43. The number of aromatic nitrogens is 23. The Morgan fingerprint density at radius 2 is 0.879 bits per heavy atom. The van der Waals surface area contributed by atoms with Crippen LogP contribution in [0.15, 0.2) is 269 Å². The summed E-state index contributed by atoms with van der Waals surface area (Å²) in [6.07, 6.45) is 17.2. The molecule has 0 spiro atoms. The highest BCUT2D eigenvalue weighted by atomic mass is 32.1. The molecule has 0 unspecified atom stereocenters. The number of ether oxygens (including phenoxy) is 1. The second-order valence-corrected chi connectivity index (χ2v) is 34.6. The summed E-state index contributed by atoms with van der Waals surface area (Å²) in [7, 11) is 0. The van der Waals surface area contributed by atoms with Gasteiger partial charge in [0, 0.05) is 61.0 Å². The number of nitrogens with one attached hydrogen (secondary N) is 5. The van der Waals surface area contributed by atoms with Gasteiger partial charge in [0.05, 0.1) is 164 Å². The largest absolute Gasteiger partial charge is 0.416 e. The Balaban J connectivity index is 0.000000108. The van der Waals surface area contributed by atoms with E-state index in [1.54, 1.807) is 84.8 Å². The topological polar surface area (TPSA) is 329 Å². The van der Waals surface area contributed by atoms with E-state index in [1.807, 2.05) is 139 Å². The minimum Gasteiger partial charge on any atom is -0.378 e. The third-order valence-corrected chi connectivity index (χ3v) is 24.5. The summed E-state index contributed by atoms with van der Waals surface area (Å²) in [5.41, 5.74) is 15.3.